The Kier molecular flexibility index (Phi) is 6.42. The van der Waals surface area contributed by atoms with Crippen molar-refractivity contribution in [1.82, 2.24) is 0 Å². The summed E-state index contributed by atoms with van der Waals surface area (Å²) in [7, 11) is 0. The van der Waals surface area contributed by atoms with Crippen LogP contribution in [-0.4, -0.2) is 18.0 Å². The third-order valence-corrected chi connectivity index (χ3v) is 1.59. The molecule has 0 bridgehead atoms. The second kappa shape index (κ2) is 6.45. The summed E-state index contributed by atoms with van der Waals surface area (Å²) in [5.41, 5.74) is 5.29. The first-order chi connectivity index (χ1) is 5.61. The van der Waals surface area contributed by atoms with Gasteiger partial charge in [0.15, 0.2) is 0 Å². The zero-order valence-electron chi connectivity index (χ0n) is 5.91. The minimum absolute atomic E-state index is 0.0414. The molecule has 0 aromatic rings. The van der Waals surface area contributed by atoms with Crippen LogP contribution in [-0.2, 0) is 49.9 Å². The van der Waals surface area contributed by atoms with E-state index in [1.54, 1.807) is 0 Å². The van der Waals surface area contributed by atoms with Gasteiger partial charge in [0.2, 0.25) is 0 Å². The van der Waals surface area contributed by atoms with Crippen LogP contribution in [0.1, 0.15) is 12.8 Å². The van der Waals surface area contributed by atoms with Crippen LogP contribution >= 0.6 is 0 Å². The van der Waals surface area contributed by atoms with Crippen molar-refractivity contribution in [1.29, 1.82) is 0 Å². The summed E-state index contributed by atoms with van der Waals surface area (Å²) in [6, 6.07) is -0.832. The van der Waals surface area contributed by atoms with Gasteiger partial charge in [0.25, 0.3) is 0 Å². The molecule has 0 spiro atoms. The normalized spacial score (nSPS) is 11.9. The summed E-state index contributed by atoms with van der Waals surface area (Å²) in [6.07, 6.45) is 0.211. The maximum absolute atomic E-state index is 10.6. The number of nitrogens with two attached hydrogens (primary N) is 1. The van der Waals surface area contributed by atoms with Crippen molar-refractivity contribution in [3.8, 4) is 0 Å². The molecular weight excluding hydrogens is 250 g/mol. The third kappa shape index (κ3) is 4.74. The predicted octanol–water partition coefficient (Wildman–Crippen LogP) is -0.896. The molecule has 0 aliphatic carbocycles. The number of hydrogen-bond acceptors (Lipinski definition) is 5. The molecular formula is C5H7Fe2NO4. The van der Waals surface area contributed by atoms with Gasteiger partial charge in [0, 0.05) is 0 Å². The Balaban J connectivity index is 3.63. The van der Waals surface area contributed by atoms with Crippen LogP contribution in [0.25, 0.3) is 0 Å². The molecule has 0 rings (SSSR count). The summed E-state index contributed by atoms with van der Waals surface area (Å²) in [5, 5.41) is 0. The molecule has 2 N–H and O–H groups in total. The molecule has 12 heavy (non-hydrogen) atoms. The summed E-state index contributed by atoms with van der Waals surface area (Å²) >= 11 is 5.81. The zero-order chi connectivity index (χ0) is 9.56. The SMILES string of the molecule is N[C@@H](CCC(=O)[O][Fe])C(=O)[O][Fe]. The third-order valence-electron chi connectivity index (χ3n) is 1.11. The first-order valence-corrected chi connectivity index (χ1v) is 3.89. The molecule has 0 heterocycles. The fraction of sp³-hybridized carbons (Fsp3) is 0.600. The Hall–Kier alpha value is -0.0610. The van der Waals surface area contributed by atoms with Crippen molar-refractivity contribution >= 4 is 11.9 Å². The fourth-order valence-corrected chi connectivity index (χ4v) is 0.761. The zero-order valence-corrected chi connectivity index (χ0v) is 8.12. The van der Waals surface area contributed by atoms with Gasteiger partial charge in [-0.1, -0.05) is 0 Å². The van der Waals surface area contributed by atoms with Crippen LogP contribution in [0.15, 0.2) is 0 Å². The van der Waals surface area contributed by atoms with Crippen LogP contribution in [0.4, 0.5) is 0 Å². The summed E-state index contributed by atoms with van der Waals surface area (Å²) in [5.74, 6) is -1.16. The van der Waals surface area contributed by atoms with Crippen molar-refractivity contribution in [2.75, 3.05) is 0 Å². The van der Waals surface area contributed by atoms with E-state index < -0.39 is 18.0 Å². The van der Waals surface area contributed by atoms with Crippen LogP contribution in [0.2, 0.25) is 0 Å². The van der Waals surface area contributed by atoms with E-state index >= 15 is 0 Å². The van der Waals surface area contributed by atoms with Gasteiger partial charge in [0.05, 0.1) is 0 Å². The molecule has 1 atom stereocenters. The molecule has 0 saturated heterocycles. The van der Waals surface area contributed by atoms with Gasteiger partial charge in [0.1, 0.15) is 0 Å². The molecule has 5 nitrogen and oxygen atoms in total. The Morgan fingerprint density at radius 1 is 1.33 bits per heavy atom. The topological polar surface area (TPSA) is 78.6 Å². The summed E-state index contributed by atoms with van der Waals surface area (Å²) in [4.78, 5) is 21.2. The van der Waals surface area contributed by atoms with Gasteiger partial charge < -0.3 is 0 Å². The number of rotatable bonds is 4. The van der Waals surface area contributed by atoms with E-state index in [9.17, 15) is 9.59 Å². The summed E-state index contributed by atoms with van der Waals surface area (Å²) < 4.78 is 8.20. The van der Waals surface area contributed by atoms with Crippen molar-refractivity contribution in [2.24, 2.45) is 5.73 Å². The minimum atomic E-state index is -0.832. The van der Waals surface area contributed by atoms with Gasteiger partial charge in [-0.2, -0.15) is 0 Å². The average molecular weight is 257 g/mol. The van der Waals surface area contributed by atoms with Crippen LogP contribution < -0.4 is 5.73 Å². The monoisotopic (exact) mass is 257 g/mol. The predicted molar refractivity (Wildman–Crippen MR) is 29.4 cm³/mol. The van der Waals surface area contributed by atoms with Gasteiger partial charge in [-0.25, -0.2) is 0 Å². The van der Waals surface area contributed by atoms with E-state index in [-0.39, 0.29) is 12.8 Å². The van der Waals surface area contributed by atoms with E-state index in [2.05, 4.69) is 40.3 Å². The Labute approximate surface area is 86.6 Å². The van der Waals surface area contributed by atoms with E-state index in [0.717, 1.165) is 0 Å². The van der Waals surface area contributed by atoms with Crippen LogP contribution in [0, 0.1) is 0 Å². The van der Waals surface area contributed by atoms with Crippen LogP contribution in [0.5, 0.6) is 0 Å². The molecule has 0 aromatic carbocycles. The van der Waals surface area contributed by atoms with E-state index in [4.69, 9.17) is 5.73 Å². The van der Waals surface area contributed by atoms with Gasteiger partial charge in [-0.3, -0.25) is 0 Å². The first kappa shape index (κ1) is 11.9. The van der Waals surface area contributed by atoms with E-state index in [0.29, 0.717) is 0 Å². The van der Waals surface area contributed by atoms with Gasteiger partial charge in [-0.05, 0) is 0 Å². The molecule has 0 radical (unpaired) electrons. The fourth-order valence-electron chi connectivity index (χ4n) is 0.481. The average Bonchev–Trinajstić information content (AvgIpc) is 2.11. The van der Waals surface area contributed by atoms with Gasteiger partial charge in [-0.15, -0.1) is 0 Å². The van der Waals surface area contributed by atoms with Gasteiger partial charge >= 0.3 is 86.5 Å². The van der Waals surface area contributed by atoms with Crippen molar-refractivity contribution in [3.63, 3.8) is 0 Å². The van der Waals surface area contributed by atoms with E-state index in [1.807, 2.05) is 0 Å². The molecule has 0 aromatic heterocycles. The summed E-state index contributed by atoms with van der Waals surface area (Å²) in [6.45, 7) is 0. The number of carbonyl (C=O) groups is 2. The molecule has 0 aliphatic rings. The molecule has 0 aliphatic heterocycles. The molecule has 72 valence electrons. The quantitative estimate of drug-likeness (QED) is 0.660. The Morgan fingerprint density at radius 2 is 1.92 bits per heavy atom. The Morgan fingerprint density at radius 3 is 2.33 bits per heavy atom. The standard InChI is InChI=1S/C5H9NO4.2Fe/c6-3(5(9)10)1-2-4(7)8;;/h3H,1-2,6H2,(H,7,8)(H,9,10);;/q;2*+1/p-2/t3-;;/m0../s1. The first-order valence-electron chi connectivity index (χ1n) is 2.99. The Bertz CT molecular complexity index is 175. The van der Waals surface area contributed by atoms with Crippen molar-refractivity contribution in [2.45, 2.75) is 18.9 Å². The second-order valence-corrected chi connectivity index (χ2v) is 2.43. The molecule has 0 unspecified atom stereocenters. The number of carbonyl (C=O) groups excluding carboxylic acids is 2. The van der Waals surface area contributed by atoms with Crippen molar-refractivity contribution in [3.05, 3.63) is 0 Å². The van der Waals surface area contributed by atoms with Crippen molar-refractivity contribution < 1.29 is 49.9 Å². The number of hydrogen-bond donors (Lipinski definition) is 1. The second-order valence-electron chi connectivity index (χ2n) is 1.98. The molecule has 0 amide bonds. The maximum atomic E-state index is 10.6. The molecule has 7 heteroatoms. The molecule has 0 fully saturated rings. The van der Waals surface area contributed by atoms with Crippen LogP contribution in [0.3, 0.4) is 0 Å². The molecule has 0 saturated carbocycles. The van der Waals surface area contributed by atoms with E-state index in [1.165, 1.54) is 0 Å².